The van der Waals surface area contributed by atoms with Gasteiger partial charge in [-0.1, -0.05) is 247 Å². The average Bonchev–Trinajstić information content (AvgIpc) is 3.38. The molecule has 0 radical (unpaired) electrons. The number of quaternary nitrogens is 1. The summed E-state index contributed by atoms with van der Waals surface area (Å²) >= 11 is 0. The van der Waals surface area contributed by atoms with Crippen molar-refractivity contribution < 1.29 is 42.9 Å². The maximum atomic E-state index is 12.9. The number of unbranched alkanes of at least 4 members (excludes halogenated alkanes) is 30. The van der Waals surface area contributed by atoms with Crippen molar-refractivity contribution in [3.8, 4) is 0 Å². The highest BCUT2D eigenvalue weighted by Crippen LogP contribution is 2.17. The molecule has 9 nitrogen and oxygen atoms in total. The van der Waals surface area contributed by atoms with Crippen LogP contribution in [0.25, 0.3) is 0 Å². The fourth-order valence-corrected chi connectivity index (χ4v) is 8.68. The van der Waals surface area contributed by atoms with Crippen LogP contribution >= 0.6 is 0 Å². The largest absolute Gasteiger partial charge is 0.477 e. The molecule has 0 aliphatic rings. The molecule has 0 aromatic rings. The topological polar surface area (TPSA) is 108 Å². The summed E-state index contributed by atoms with van der Waals surface area (Å²) in [5, 5.41) is 9.71. The van der Waals surface area contributed by atoms with Crippen LogP contribution < -0.4 is 0 Å². The van der Waals surface area contributed by atoms with Crippen molar-refractivity contribution in [2.45, 2.75) is 283 Å². The normalized spacial score (nSPS) is 13.2. The first kappa shape index (κ1) is 71.7. The SMILES string of the molecule is CC/C=C\C/C=C\C/C=C\CCCCCCCCCC(=O)OCC(COC(OCC[N+](C)(C)C)C(=O)O)OC(=O)CCCCCCCCCCCCCCCCCCCC/C=C\C/C=C\C/C=C\CCCCCCC. The summed E-state index contributed by atoms with van der Waals surface area (Å²) in [6.45, 7) is 4.76. The van der Waals surface area contributed by atoms with Gasteiger partial charge in [-0.2, -0.15) is 0 Å². The van der Waals surface area contributed by atoms with Crippen molar-refractivity contribution in [3.63, 3.8) is 0 Å². The summed E-state index contributed by atoms with van der Waals surface area (Å²) in [5.74, 6) is -2.01. The molecule has 0 bridgehead atoms. The first-order valence-corrected chi connectivity index (χ1v) is 31.1. The average molecular weight is 1050 g/mol. The molecule has 0 fully saturated rings. The molecule has 0 heterocycles. The van der Waals surface area contributed by atoms with Gasteiger partial charge in [0.1, 0.15) is 13.2 Å². The number of nitrogens with zero attached hydrogens (tertiary/aromatic N) is 1. The number of carboxylic acid groups (broad SMARTS) is 1. The minimum absolute atomic E-state index is 0.184. The highest BCUT2D eigenvalue weighted by Gasteiger charge is 2.25. The quantitative estimate of drug-likeness (QED) is 0.0211. The summed E-state index contributed by atoms with van der Waals surface area (Å²) in [6.07, 6.45) is 71.4. The van der Waals surface area contributed by atoms with Gasteiger partial charge in [-0.25, -0.2) is 4.79 Å². The number of allylic oxidation sites excluding steroid dienone is 12. The number of carboxylic acids is 1. The Morgan fingerprint density at radius 1 is 0.413 bits per heavy atom. The molecule has 0 rings (SSSR count). The maximum Gasteiger partial charge on any atom is 0.361 e. The van der Waals surface area contributed by atoms with Gasteiger partial charge in [0.15, 0.2) is 6.10 Å². The van der Waals surface area contributed by atoms with Gasteiger partial charge < -0.3 is 28.5 Å². The number of carbonyl (C=O) groups excluding carboxylic acids is 2. The highest BCUT2D eigenvalue weighted by molar-refractivity contribution is 5.71. The van der Waals surface area contributed by atoms with Crippen LogP contribution in [0.2, 0.25) is 0 Å². The molecule has 1 N–H and O–H groups in total. The Bertz CT molecular complexity index is 1460. The molecule has 0 aromatic carbocycles. The monoisotopic (exact) mass is 1050 g/mol. The lowest BCUT2D eigenvalue weighted by Crippen LogP contribution is -2.40. The molecule has 0 aromatic heterocycles. The Balaban J connectivity index is 4.11. The summed E-state index contributed by atoms with van der Waals surface area (Å²) in [6, 6.07) is 0. The predicted molar refractivity (Wildman–Crippen MR) is 318 cm³/mol. The molecule has 0 aliphatic carbocycles. The van der Waals surface area contributed by atoms with E-state index < -0.39 is 24.3 Å². The van der Waals surface area contributed by atoms with Crippen LogP contribution in [-0.2, 0) is 33.3 Å². The van der Waals surface area contributed by atoms with Crippen molar-refractivity contribution in [3.05, 3.63) is 72.9 Å². The van der Waals surface area contributed by atoms with E-state index in [-0.39, 0.29) is 38.6 Å². The van der Waals surface area contributed by atoms with Gasteiger partial charge in [-0.15, -0.1) is 0 Å². The second kappa shape index (κ2) is 56.9. The van der Waals surface area contributed by atoms with Crippen molar-refractivity contribution >= 4 is 17.9 Å². The predicted octanol–water partition coefficient (Wildman–Crippen LogP) is 18.6. The molecule has 0 aliphatic heterocycles. The third-order valence-corrected chi connectivity index (χ3v) is 13.4. The molecule has 2 unspecified atom stereocenters. The first-order chi connectivity index (χ1) is 36.6. The Labute approximate surface area is 462 Å². The smallest absolute Gasteiger partial charge is 0.361 e. The zero-order valence-electron chi connectivity index (χ0n) is 49.4. The van der Waals surface area contributed by atoms with Crippen LogP contribution in [0.5, 0.6) is 0 Å². The van der Waals surface area contributed by atoms with Crippen molar-refractivity contribution in [1.29, 1.82) is 0 Å². The molecule has 0 amide bonds. The molecular weight excluding hydrogens is 935 g/mol. The van der Waals surface area contributed by atoms with E-state index >= 15 is 0 Å². The number of likely N-dealkylation sites (N-methyl/N-ethyl adjacent to an activating group) is 1. The van der Waals surface area contributed by atoms with Crippen molar-refractivity contribution in [2.24, 2.45) is 0 Å². The van der Waals surface area contributed by atoms with Gasteiger partial charge in [-0.3, -0.25) is 9.59 Å². The molecule has 2 atom stereocenters. The van der Waals surface area contributed by atoms with Crippen LogP contribution in [0.3, 0.4) is 0 Å². The van der Waals surface area contributed by atoms with Gasteiger partial charge in [0.2, 0.25) is 0 Å². The Morgan fingerprint density at radius 2 is 0.760 bits per heavy atom. The van der Waals surface area contributed by atoms with E-state index in [9.17, 15) is 19.5 Å². The van der Waals surface area contributed by atoms with E-state index in [1.165, 1.54) is 161 Å². The number of esters is 2. The molecule has 0 saturated heterocycles. The van der Waals surface area contributed by atoms with Crippen LogP contribution in [-0.4, -0.2) is 87.4 Å². The van der Waals surface area contributed by atoms with E-state index in [4.69, 9.17) is 18.9 Å². The van der Waals surface area contributed by atoms with Crippen LogP contribution in [0, 0.1) is 0 Å². The van der Waals surface area contributed by atoms with Crippen molar-refractivity contribution in [2.75, 3.05) is 47.5 Å². The lowest BCUT2D eigenvalue weighted by atomic mass is 10.0. The summed E-state index contributed by atoms with van der Waals surface area (Å²) in [4.78, 5) is 37.4. The van der Waals surface area contributed by atoms with E-state index in [1.54, 1.807) is 0 Å². The van der Waals surface area contributed by atoms with Gasteiger partial charge in [-0.05, 0) is 83.5 Å². The van der Waals surface area contributed by atoms with Gasteiger partial charge in [0, 0.05) is 12.8 Å². The number of aliphatic carboxylic acids is 1. The Kier molecular flexibility index (Phi) is 54.4. The first-order valence-electron chi connectivity index (χ1n) is 31.1. The Hall–Kier alpha value is -3.27. The molecular formula is C66H118NO8+. The molecule has 434 valence electrons. The number of rotatable bonds is 57. The molecule has 0 saturated carbocycles. The van der Waals surface area contributed by atoms with Gasteiger partial charge in [0.25, 0.3) is 6.29 Å². The molecule has 9 heteroatoms. The number of hydrogen-bond donors (Lipinski definition) is 1. The second-order valence-electron chi connectivity index (χ2n) is 22.0. The third-order valence-electron chi connectivity index (χ3n) is 13.4. The molecule has 75 heavy (non-hydrogen) atoms. The number of hydrogen-bond acceptors (Lipinski definition) is 7. The highest BCUT2D eigenvalue weighted by atomic mass is 16.7. The van der Waals surface area contributed by atoms with Crippen LogP contribution in [0.1, 0.15) is 271 Å². The van der Waals surface area contributed by atoms with Crippen LogP contribution in [0.4, 0.5) is 0 Å². The van der Waals surface area contributed by atoms with Gasteiger partial charge in [0.05, 0.1) is 34.4 Å². The zero-order valence-corrected chi connectivity index (χ0v) is 49.4. The lowest BCUT2D eigenvalue weighted by Gasteiger charge is -2.25. The summed E-state index contributed by atoms with van der Waals surface area (Å²) < 4.78 is 22.9. The van der Waals surface area contributed by atoms with Gasteiger partial charge >= 0.3 is 17.9 Å². The van der Waals surface area contributed by atoms with E-state index in [0.29, 0.717) is 11.0 Å². The maximum absolute atomic E-state index is 12.9. The van der Waals surface area contributed by atoms with Crippen molar-refractivity contribution in [1.82, 2.24) is 0 Å². The second-order valence-corrected chi connectivity index (χ2v) is 22.0. The standard InChI is InChI=1S/C66H117NO8/c1-6-8-10-12-14-16-18-20-22-24-25-26-27-28-29-30-31-32-33-34-35-36-37-38-39-41-43-45-47-49-51-53-55-57-64(69)75-62(61-74-66(65(70)71)72-59-58-67(3,4)5)60-73-63(68)56-54-52-50-48-46-44-42-40-23-21-19-17-15-13-11-9-7-2/h9,11,15,17-18,20-21,23-25,27-28,62,66H,6-8,10,12-14,16,19,22,26,29-61H2,1-5H3/p+1/b11-9-,17-15-,20-18-,23-21-,25-24-,28-27-. The fourth-order valence-electron chi connectivity index (χ4n) is 8.68. The minimum atomic E-state index is -1.51. The van der Waals surface area contributed by atoms with E-state index in [1.807, 2.05) is 21.1 Å². The minimum Gasteiger partial charge on any atom is -0.477 e. The van der Waals surface area contributed by atoms with Crippen LogP contribution in [0.15, 0.2) is 72.9 Å². The third kappa shape index (κ3) is 58.3. The summed E-state index contributed by atoms with van der Waals surface area (Å²) in [5.41, 5.74) is 0. The zero-order chi connectivity index (χ0) is 54.8. The fraction of sp³-hybridized carbons (Fsp3) is 0.773. The summed E-state index contributed by atoms with van der Waals surface area (Å²) in [7, 11) is 5.97. The molecule has 0 spiro atoms. The Morgan fingerprint density at radius 3 is 1.13 bits per heavy atom. The van der Waals surface area contributed by atoms with E-state index in [2.05, 4.69) is 86.8 Å². The van der Waals surface area contributed by atoms with E-state index in [0.717, 1.165) is 83.5 Å². The number of ether oxygens (including phenoxy) is 4. The number of carbonyl (C=O) groups is 3. The lowest BCUT2D eigenvalue weighted by molar-refractivity contribution is -0.870.